The summed E-state index contributed by atoms with van der Waals surface area (Å²) in [4.78, 5) is 14.7. The van der Waals surface area contributed by atoms with Crippen LogP contribution < -0.4 is 14.8 Å². The highest BCUT2D eigenvalue weighted by atomic mass is 19.3. The Hall–Kier alpha value is -1.93. The number of alkyl halides is 2. The molecule has 1 atom stereocenters. The summed E-state index contributed by atoms with van der Waals surface area (Å²) in [5, 5.41) is 2.74. The molecule has 1 aromatic rings. The molecule has 146 valence electrons. The molecule has 1 aliphatic heterocycles. The Morgan fingerprint density at radius 1 is 1.42 bits per heavy atom. The van der Waals surface area contributed by atoms with Crippen LogP contribution in [0.4, 0.5) is 8.78 Å². The van der Waals surface area contributed by atoms with Crippen molar-refractivity contribution in [2.24, 2.45) is 5.92 Å². The predicted octanol–water partition coefficient (Wildman–Crippen LogP) is 2.38. The molecule has 1 aromatic carbocycles. The van der Waals surface area contributed by atoms with Crippen LogP contribution in [0.3, 0.4) is 0 Å². The third-order valence-electron chi connectivity index (χ3n) is 3.99. The summed E-state index contributed by atoms with van der Waals surface area (Å²) >= 11 is 0. The molecule has 0 spiro atoms. The first kappa shape index (κ1) is 20.4. The molecule has 2 rings (SSSR count). The topological polar surface area (TPSA) is 60.0 Å². The summed E-state index contributed by atoms with van der Waals surface area (Å²) < 4.78 is 40.5. The van der Waals surface area contributed by atoms with Gasteiger partial charge in [0.1, 0.15) is 0 Å². The van der Waals surface area contributed by atoms with Gasteiger partial charge in [-0.05, 0) is 18.1 Å². The Labute approximate surface area is 152 Å². The minimum atomic E-state index is -3.05. The highest BCUT2D eigenvalue weighted by molar-refractivity contribution is 5.97. The average molecular weight is 372 g/mol. The van der Waals surface area contributed by atoms with E-state index in [0.717, 1.165) is 19.6 Å². The Balaban J connectivity index is 1.99. The summed E-state index contributed by atoms with van der Waals surface area (Å²) in [6.45, 7) is 4.70. The third kappa shape index (κ3) is 5.81. The summed E-state index contributed by atoms with van der Waals surface area (Å²) in [6.07, 6.45) is -0.142. The van der Waals surface area contributed by atoms with Crippen molar-refractivity contribution < 1.29 is 27.8 Å². The van der Waals surface area contributed by atoms with Gasteiger partial charge in [-0.15, -0.1) is 0 Å². The molecular weight excluding hydrogens is 346 g/mol. The number of para-hydroxylation sites is 1. The van der Waals surface area contributed by atoms with Crippen LogP contribution >= 0.6 is 0 Å². The standard InChI is InChI=1S/C18H26F2N2O4/c1-12(2)10-22-7-8-25-13(11-22)9-21-17(23)14-5-4-6-15(24-3)16(14)26-18(19)20/h4-6,12-13,18H,7-11H2,1-3H3,(H,21,23). The van der Waals surface area contributed by atoms with Crippen molar-refractivity contribution in [3.8, 4) is 11.5 Å². The molecule has 1 N–H and O–H groups in total. The first-order valence-electron chi connectivity index (χ1n) is 8.64. The highest BCUT2D eigenvalue weighted by Crippen LogP contribution is 2.32. The molecule has 0 saturated carbocycles. The van der Waals surface area contributed by atoms with E-state index in [1.807, 2.05) is 0 Å². The molecule has 1 aliphatic rings. The number of carbonyl (C=O) groups excluding carboxylic acids is 1. The van der Waals surface area contributed by atoms with Gasteiger partial charge < -0.3 is 19.5 Å². The summed E-state index contributed by atoms with van der Waals surface area (Å²) in [7, 11) is 1.33. The van der Waals surface area contributed by atoms with Crippen LogP contribution in [0.25, 0.3) is 0 Å². The minimum Gasteiger partial charge on any atom is -0.493 e. The van der Waals surface area contributed by atoms with E-state index < -0.39 is 12.5 Å². The summed E-state index contributed by atoms with van der Waals surface area (Å²) in [5.41, 5.74) is -0.000467. The van der Waals surface area contributed by atoms with E-state index in [4.69, 9.17) is 9.47 Å². The van der Waals surface area contributed by atoms with Gasteiger partial charge in [0, 0.05) is 26.2 Å². The normalized spacial score (nSPS) is 18.2. The van der Waals surface area contributed by atoms with Crippen LogP contribution in [-0.2, 0) is 4.74 Å². The fourth-order valence-corrected chi connectivity index (χ4v) is 2.95. The molecule has 6 nitrogen and oxygen atoms in total. The molecule has 1 saturated heterocycles. The number of nitrogens with zero attached hydrogens (tertiary/aromatic N) is 1. The number of halogens is 2. The zero-order chi connectivity index (χ0) is 19.1. The van der Waals surface area contributed by atoms with Crippen LogP contribution in [-0.4, -0.2) is 63.4 Å². The Morgan fingerprint density at radius 3 is 2.85 bits per heavy atom. The number of morpholine rings is 1. The maximum Gasteiger partial charge on any atom is 0.387 e. The van der Waals surface area contributed by atoms with Crippen LogP contribution in [0.1, 0.15) is 24.2 Å². The maximum absolute atomic E-state index is 12.7. The zero-order valence-electron chi connectivity index (χ0n) is 15.3. The second-order valence-electron chi connectivity index (χ2n) is 6.57. The monoisotopic (exact) mass is 372 g/mol. The van der Waals surface area contributed by atoms with Gasteiger partial charge in [0.05, 0.1) is 25.4 Å². The number of hydrogen-bond acceptors (Lipinski definition) is 5. The third-order valence-corrected chi connectivity index (χ3v) is 3.99. The molecule has 1 unspecified atom stereocenters. The van der Waals surface area contributed by atoms with Gasteiger partial charge in [-0.3, -0.25) is 9.69 Å². The van der Waals surface area contributed by atoms with E-state index in [-0.39, 0.29) is 23.2 Å². The van der Waals surface area contributed by atoms with Crippen molar-refractivity contribution in [3.63, 3.8) is 0 Å². The number of carbonyl (C=O) groups is 1. The van der Waals surface area contributed by atoms with E-state index in [1.54, 1.807) is 6.07 Å². The van der Waals surface area contributed by atoms with Crippen LogP contribution in [0, 0.1) is 5.92 Å². The van der Waals surface area contributed by atoms with Gasteiger partial charge in [-0.2, -0.15) is 8.78 Å². The van der Waals surface area contributed by atoms with Crippen molar-refractivity contribution in [2.75, 3.05) is 39.9 Å². The lowest BCUT2D eigenvalue weighted by Gasteiger charge is -2.34. The number of amides is 1. The Bertz CT molecular complexity index is 599. The Kier molecular flexibility index (Phi) is 7.59. The smallest absolute Gasteiger partial charge is 0.387 e. The molecule has 1 amide bonds. The number of benzene rings is 1. The maximum atomic E-state index is 12.7. The van der Waals surface area contributed by atoms with Gasteiger partial charge in [-0.25, -0.2) is 0 Å². The summed E-state index contributed by atoms with van der Waals surface area (Å²) in [6, 6.07) is 4.43. The lowest BCUT2D eigenvalue weighted by atomic mass is 10.1. The lowest BCUT2D eigenvalue weighted by molar-refractivity contribution is -0.0516. The fourth-order valence-electron chi connectivity index (χ4n) is 2.95. The molecule has 0 aliphatic carbocycles. The molecule has 1 heterocycles. The van der Waals surface area contributed by atoms with Crippen molar-refractivity contribution in [2.45, 2.75) is 26.6 Å². The molecule has 0 radical (unpaired) electrons. The number of ether oxygens (including phenoxy) is 3. The van der Waals surface area contributed by atoms with Crippen LogP contribution in [0.2, 0.25) is 0 Å². The van der Waals surface area contributed by atoms with E-state index in [0.29, 0.717) is 19.1 Å². The van der Waals surface area contributed by atoms with E-state index in [2.05, 4.69) is 28.8 Å². The second-order valence-corrected chi connectivity index (χ2v) is 6.57. The highest BCUT2D eigenvalue weighted by Gasteiger charge is 2.24. The Morgan fingerprint density at radius 2 is 2.19 bits per heavy atom. The lowest BCUT2D eigenvalue weighted by Crippen LogP contribution is -2.48. The van der Waals surface area contributed by atoms with Gasteiger partial charge >= 0.3 is 6.61 Å². The van der Waals surface area contributed by atoms with Gasteiger partial charge in [0.15, 0.2) is 11.5 Å². The molecule has 8 heteroatoms. The quantitative estimate of drug-likeness (QED) is 0.759. The average Bonchev–Trinajstić information content (AvgIpc) is 2.59. The first-order valence-corrected chi connectivity index (χ1v) is 8.64. The SMILES string of the molecule is COc1cccc(C(=O)NCC2CN(CC(C)C)CCO2)c1OC(F)F. The molecule has 0 aromatic heterocycles. The van der Waals surface area contributed by atoms with Crippen molar-refractivity contribution in [1.82, 2.24) is 10.2 Å². The van der Waals surface area contributed by atoms with Crippen LogP contribution in [0.5, 0.6) is 11.5 Å². The second kappa shape index (κ2) is 9.68. The van der Waals surface area contributed by atoms with Crippen molar-refractivity contribution >= 4 is 5.91 Å². The number of rotatable bonds is 8. The number of hydrogen-bond donors (Lipinski definition) is 1. The predicted molar refractivity (Wildman–Crippen MR) is 93.0 cm³/mol. The number of methoxy groups -OCH3 is 1. The zero-order valence-corrected chi connectivity index (χ0v) is 15.3. The van der Waals surface area contributed by atoms with Gasteiger partial charge in [0.25, 0.3) is 5.91 Å². The molecule has 0 bridgehead atoms. The van der Waals surface area contributed by atoms with Crippen molar-refractivity contribution in [1.29, 1.82) is 0 Å². The molecule has 1 fully saturated rings. The van der Waals surface area contributed by atoms with Gasteiger partial charge in [0.2, 0.25) is 0 Å². The largest absolute Gasteiger partial charge is 0.493 e. The molecule has 26 heavy (non-hydrogen) atoms. The number of nitrogens with one attached hydrogen (secondary N) is 1. The first-order chi connectivity index (χ1) is 12.4. The fraction of sp³-hybridized carbons (Fsp3) is 0.611. The molecular formula is C18H26F2N2O4. The van der Waals surface area contributed by atoms with E-state index in [9.17, 15) is 13.6 Å². The van der Waals surface area contributed by atoms with Crippen LogP contribution in [0.15, 0.2) is 18.2 Å². The van der Waals surface area contributed by atoms with E-state index in [1.165, 1.54) is 19.2 Å². The van der Waals surface area contributed by atoms with E-state index >= 15 is 0 Å². The minimum absolute atomic E-state index is 0.000467. The van der Waals surface area contributed by atoms with Crippen molar-refractivity contribution in [3.05, 3.63) is 23.8 Å². The summed E-state index contributed by atoms with van der Waals surface area (Å²) in [5.74, 6) is -0.151. The van der Waals surface area contributed by atoms with Gasteiger partial charge in [-0.1, -0.05) is 19.9 Å².